The normalized spacial score (nSPS) is 9.56. The molecular weight excluding hydrogens is 202 g/mol. The van der Waals surface area contributed by atoms with Gasteiger partial charge in [0.25, 0.3) is 0 Å². The summed E-state index contributed by atoms with van der Waals surface area (Å²) in [7, 11) is 0. The highest BCUT2D eigenvalue weighted by atomic mass is 16.5. The molecule has 16 heavy (non-hydrogen) atoms. The molecule has 0 aromatic heterocycles. The standard InChI is InChI=1S/C13H17NO2/c1-3-10-14(11-13(15)16-4-2)12-8-6-5-7-9-12/h3,5-9H,1,4,10-11H2,2H3. The Bertz CT molecular complexity index is 335. The van der Waals surface area contributed by atoms with Crippen molar-refractivity contribution in [2.24, 2.45) is 0 Å². The summed E-state index contributed by atoms with van der Waals surface area (Å²) >= 11 is 0. The highest BCUT2D eigenvalue weighted by Gasteiger charge is 2.10. The van der Waals surface area contributed by atoms with E-state index >= 15 is 0 Å². The minimum absolute atomic E-state index is 0.215. The fraction of sp³-hybridized carbons (Fsp3) is 0.308. The first-order valence-corrected chi connectivity index (χ1v) is 5.34. The second-order valence-electron chi connectivity index (χ2n) is 3.31. The monoisotopic (exact) mass is 219 g/mol. The van der Waals surface area contributed by atoms with Crippen molar-refractivity contribution in [3.05, 3.63) is 43.0 Å². The average molecular weight is 219 g/mol. The topological polar surface area (TPSA) is 29.5 Å². The maximum atomic E-state index is 11.4. The van der Waals surface area contributed by atoms with Gasteiger partial charge in [-0.25, -0.2) is 0 Å². The molecule has 0 aliphatic rings. The molecule has 0 radical (unpaired) electrons. The van der Waals surface area contributed by atoms with Crippen LogP contribution < -0.4 is 4.90 Å². The summed E-state index contributed by atoms with van der Waals surface area (Å²) in [4.78, 5) is 13.3. The molecule has 0 saturated heterocycles. The van der Waals surface area contributed by atoms with Crippen LogP contribution in [-0.4, -0.2) is 25.7 Å². The van der Waals surface area contributed by atoms with Gasteiger partial charge >= 0.3 is 5.97 Å². The smallest absolute Gasteiger partial charge is 0.325 e. The van der Waals surface area contributed by atoms with Gasteiger partial charge in [-0.2, -0.15) is 0 Å². The lowest BCUT2D eigenvalue weighted by Crippen LogP contribution is -2.31. The van der Waals surface area contributed by atoms with Gasteiger partial charge in [0, 0.05) is 12.2 Å². The van der Waals surface area contributed by atoms with Crippen molar-refractivity contribution in [3.63, 3.8) is 0 Å². The molecule has 0 atom stereocenters. The zero-order valence-electron chi connectivity index (χ0n) is 9.56. The van der Waals surface area contributed by atoms with E-state index in [-0.39, 0.29) is 12.5 Å². The molecule has 1 aromatic rings. The Morgan fingerprint density at radius 1 is 1.44 bits per heavy atom. The van der Waals surface area contributed by atoms with Crippen LogP contribution in [0.5, 0.6) is 0 Å². The van der Waals surface area contributed by atoms with E-state index < -0.39 is 0 Å². The minimum atomic E-state index is -0.215. The third kappa shape index (κ3) is 3.77. The molecule has 0 amide bonds. The van der Waals surface area contributed by atoms with Crippen LogP contribution in [0.1, 0.15) is 6.92 Å². The molecule has 0 heterocycles. The van der Waals surface area contributed by atoms with Crippen LogP contribution >= 0.6 is 0 Å². The molecule has 0 aliphatic heterocycles. The predicted octanol–water partition coefficient (Wildman–Crippen LogP) is 2.24. The zero-order valence-corrected chi connectivity index (χ0v) is 9.56. The number of para-hydroxylation sites is 1. The van der Waals surface area contributed by atoms with Gasteiger partial charge in [-0.1, -0.05) is 24.3 Å². The maximum absolute atomic E-state index is 11.4. The van der Waals surface area contributed by atoms with Gasteiger partial charge < -0.3 is 9.64 Å². The van der Waals surface area contributed by atoms with Crippen LogP contribution in [0, 0.1) is 0 Å². The zero-order chi connectivity index (χ0) is 11.8. The van der Waals surface area contributed by atoms with Gasteiger partial charge in [0.15, 0.2) is 0 Å². The first kappa shape index (κ1) is 12.3. The fourth-order valence-corrected chi connectivity index (χ4v) is 1.42. The molecule has 1 rings (SSSR count). The van der Waals surface area contributed by atoms with E-state index in [1.807, 2.05) is 35.2 Å². The van der Waals surface area contributed by atoms with E-state index in [9.17, 15) is 4.79 Å². The SMILES string of the molecule is C=CCN(CC(=O)OCC)c1ccccc1. The Morgan fingerprint density at radius 2 is 2.12 bits per heavy atom. The number of anilines is 1. The lowest BCUT2D eigenvalue weighted by molar-refractivity contribution is -0.141. The van der Waals surface area contributed by atoms with Gasteiger partial charge in [0.1, 0.15) is 6.54 Å². The van der Waals surface area contributed by atoms with E-state index in [0.29, 0.717) is 13.2 Å². The summed E-state index contributed by atoms with van der Waals surface area (Å²) in [6.45, 7) is 6.78. The van der Waals surface area contributed by atoms with Crippen molar-refractivity contribution in [1.29, 1.82) is 0 Å². The van der Waals surface area contributed by atoms with E-state index in [4.69, 9.17) is 4.74 Å². The predicted molar refractivity (Wildman–Crippen MR) is 65.5 cm³/mol. The van der Waals surface area contributed by atoms with E-state index in [2.05, 4.69) is 6.58 Å². The molecule has 0 fully saturated rings. The molecule has 0 saturated carbocycles. The van der Waals surface area contributed by atoms with Crippen molar-refractivity contribution in [2.45, 2.75) is 6.92 Å². The van der Waals surface area contributed by atoms with Gasteiger partial charge in [0.2, 0.25) is 0 Å². The first-order valence-electron chi connectivity index (χ1n) is 5.34. The second kappa shape index (κ2) is 6.67. The number of carbonyl (C=O) groups is 1. The number of benzene rings is 1. The molecule has 0 unspecified atom stereocenters. The highest BCUT2D eigenvalue weighted by Crippen LogP contribution is 2.12. The Labute approximate surface area is 96.3 Å². The molecule has 0 bridgehead atoms. The van der Waals surface area contributed by atoms with Crippen molar-refractivity contribution < 1.29 is 9.53 Å². The molecule has 3 nitrogen and oxygen atoms in total. The Morgan fingerprint density at radius 3 is 2.69 bits per heavy atom. The summed E-state index contributed by atoms with van der Waals surface area (Å²) in [5, 5.41) is 0. The molecular formula is C13H17NO2. The molecule has 86 valence electrons. The number of esters is 1. The number of hydrogen-bond acceptors (Lipinski definition) is 3. The lowest BCUT2D eigenvalue weighted by Gasteiger charge is -2.21. The average Bonchev–Trinajstić information content (AvgIpc) is 2.30. The van der Waals surface area contributed by atoms with Gasteiger partial charge in [-0.3, -0.25) is 4.79 Å². The Hall–Kier alpha value is -1.77. The van der Waals surface area contributed by atoms with Crippen LogP contribution in [0.3, 0.4) is 0 Å². The maximum Gasteiger partial charge on any atom is 0.325 e. The summed E-state index contributed by atoms with van der Waals surface area (Å²) in [5.74, 6) is -0.215. The number of ether oxygens (including phenoxy) is 1. The minimum Gasteiger partial charge on any atom is -0.465 e. The van der Waals surface area contributed by atoms with E-state index in [1.165, 1.54) is 0 Å². The first-order chi connectivity index (χ1) is 7.77. The Balaban J connectivity index is 2.68. The van der Waals surface area contributed by atoms with Crippen LogP contribution in [0.25, 0.3) is 0 Å². The van der Waals surface area contributed by atoms with E-state index in [0.717, 1.165) is 5.69 Å². The summed E-state index contributed by atoms with van der Waals surface area (Å²) < 4.78 is 4.93. The summed E-state index contributed by atoms with van der Waals surface area (Å²) in [6, 6.07) is 9.75. The van der Waals surface area contributed by atoms with Gasteiger partial charge in [-0.05, 0) is 19.1 Å². The molecule has 0 spiro atoms. The van der Waals surface area contributed by atoms with Crippen molar-refractivity contribution in [1.82, 2.24) is 0 Å². The molecule has 0 N–H and O–H groups in total. The van der Waals surface area contributed by atoms with Crippen molar-refractivity contribution in [2.75, 3.05) is 24.6 Å². The van der Waals surface area contributed by atoms with Gasteiger partial charge in [0.05, 0.1) is 6.61 Å². The third-order valence-corrected chi connectivity index (χ3v) is 2.10. The number of hydrogen-bond donors (Lipinski definition) is 0. The third-order valence-electron chi connectivity index (χ3n) is 2.10. The van der Waals surface area contributed by atoms with Crippen LogP contribution in [0.4, 0.5) is 5.69 Å². The number of carbonyl (C=O) groups excluding carboxylic acids is 1. The largest absolute Gasteiger partial charge is 0.465 e. The van der Waals surface area contributed by atoms with Crippen LogP contribution in [0.15, 0.2) is 43.0 Å². The fourth-order valence-electron chi connectivity index (χ4n) is 1.42. The molecule has 0 aliphatic carbocycles. The summed E-state index contributed by atoms with van der Waals surface area (Å²) in [5.41, 5.74) is 0.996. The van der Waals surface area contributed by atoms with Gasteiger partial charge in [-0.15, -0.1) is 6.58 Å². The second-order valence-corrected chi connectivity index (χ2v) is 3.31. The number of rotatable bonds is 6. The quantitative estimate of drug-likeness (QED) is 0.543. The Kier molecular flexibility index (Phi) is 5.12. The molecule has 1 aromatic carbocycles. The lowest BCUT2D eigenvalue weighted by atomic mass is 10.3. The van der Waals surface area contributed by atoms with Crippen molar-refractivity contribution in [3.8, 4) is 0 Å². The number of nitrogens with zero attached hydrogens (tertiary/aromatic N) is 1. The van der Waals surface area contributed by atoms with Crippen molar-refractivity contribution >= 4 is 11.7 Å². The van der Waals surface area contributed by atoms with E-state index in [1.54, 1.807) is 13.0 Å². The summed E-state index contributed by atoms with van der Waals surface area (Å²) in [6.07, 6.45) is 1.77. The highest BCUT2D eigenvalue weighted by molar-refractivity contribution is 5.75. The van der Waals surface area contributed by atoms with Crippen LogP contribution in [-0.2, 0) is 9.53 Å². The van der Waals surface area contributed by atoms with Crippen LogP contribution in [0.2, 0.25) is 0 Å². The molecule has 3 heteroatoms.